The van der Waals surface area contributed by atoms with Crippen molar-refractivity contribution in [2.45, 2.75) is 38.8 Å². The lowest BCUT2D eigenvalue weighted by Crippen LogP contribution is -2.32. The van der Waals surface area contributed by atoms with Crippen LogP contribution in [-0.4, -0.2) is 36.6 Å². The van der Waals surface area contributed by atoms with Crippen LogP contribution in [0.5, 0.6) is 5.75 Å². The maximum absolute atomic E-state index is 9.17. The van der Waals surface area contributed by atoms with E-state index in [0.717, 1.165) is 11.3 Å². The third kappa shape index (κ3) is 4.82. The van der Waals surface area contributed by atoms with Crippen LogP contribution in [0.1, 0.15) is 37.3 Å². The molecule has 1 rings (SSSR count). The molecule has 1 atom stereocenters. The predicted molar refractivity (Wildman–Crippen MR) is 76.5 cm³/mol. The van der Waals surface area contributed by atoms with Crippen molar-refractivity contribution in [3.8, 4) is 5.75 Å². The van der Waals surface area contributed by atoms with Crippen molar-refractivity contribution in [3.05, 3.63) is 29.3 Å². The summed E-state index contributed by atoms with van der Waals surface area (Å²) in [6.07, 6.45) is 0.545. The van der Waals surface area contributed by atoms with E-state index in [-0.39, 0.29) is 19.3 Å². The maximum Gasteiger partial charge on any atom is 0.123 e. The minimum Gasteiger partial charge on any atom is -0.496 e. The fourth-order valence-corrected chi connectivity index (χ4v) is 1.93. The topological polar surface area (TPSA) is 61.7 Å². The van der Waals surface area contributed by atoms with E-state index in [2.05, 4.69) is 37.4 Å². The van der Waals surface area contributed by atoms with Gasteiger partial charge in [0.2, 0.25) is 0 Å². The predicted octanol–water partition coefficient (Wildman–Crippen LogP) is 1.65. The summed E-state index contributed by atoms with van der Waals surface area (Å²) in [5, 5.41) is 21.3. The van der Waals surface area contributed by atoms with Crippen LogP contribution in [0.15, 0.2) is 18.2 Å². The van der Waals surface area contributed by atoms with Crippen LogP contribution in [0.25, 0.3) is 0 Å². The van der Waals surface area contributed by atoms with Gasteiger partial charge < -0.3 is 20.3 Å². The number of methoxy groups -OCH3 is 1. The SMILES string of the molecule is COc1cc(C(C)C)ccc1CNC(CO)CCO. The zero-order chi connectivity index (χ0) is 14.3. The Kier molecular flexibility index (Phi) is 6.84. The lowest BCUT2D eigenvalue weighted by molar-refractivity contribution is 0.199. The number of rotatable bonds is 8. The fraction of sp³-hybridized carbons (Fsp3) is 0.600. The number of aliphatic hydroxyl groups is 2. The van der Waals surface area contributed by atoms with E-state index >= 15 is 0 Å². The summed E-state index contributed by atoms with van der Waals surface area (Å²) >= 11 is 0. The number of ether oxygens (including phenoxy) is 1. The van der Waals surface area contributed by atoms with Crippen molar-refractivity contribution < 1.29 is 14.9 Å². The highest BCUT2D eigenvalue weighted by molar-refractivity contribution is 5.38. The first-order valence-electron chi connectivity index (χ1n) is 6.74. The molecule has 0 heterocycles. The zero-order valence-corrected chi connectivity index (χ0v) is 12.0. The van der Waals surface area contributed by atoms with Crippen molar-refractivity contribution in [3.63, 3.8) is 0 Å². The van der Waals surface area contributed by atoms with Gasteiger partial charge in [-0.1, -0.05) is 26.0 Å². The summed E-state index contributed by atoms with van der Waals surface area (Å²) in [7, 11) is 1.67. The lowest BCUT2D eigenvalue weighted by Gasteiger charge is -2.17. The Bertz CT molecular complexity index is 380. The first-order chi connectivity index (χ1) is 9.12. The third-order valence-corrected chi connectivity index (χ3v) is 3.26. The molecule has 0 aliphatic carbocycles. The van der Waals surface area contributed by atoms with E-state index in [1.165, 1.54) is 5.56 Å². The zero-order valence-electron chi connectivity index (χ0n) is 12.0. The molecule has 0 fully saturated rings. The molecule has 0 aliphatic heterocycles. The molecule has 1 aromatic carbocycles. The number of benzene rings is 1. The normalized spacial score (nSPS) is 12.7. The molecule has 4 nitrogen and oxygen atoms in total. The van der Waals surface area contributed by atoms with Gasteiger partial charge in [-0.15, -0.1) is 0 Å². The molecular formula is C15H25NO3. The second-order valence-electron chi connectivity index (χ2n) is 5.00. The monoisotopic (exact) mass is 267 g/mol. The first-order valence-corrected chi connectivity index (χ1v) is 6.74. The molecule has 0 radical (unpaired) electrons. The van der Waals surface area contributed by atoms with E-state index in [9.17, 15) is 5.11 Å². The fourth-order valence-electron chi connectivity index (χ4n) is 1.93. The molecular weight excluding hydrogens is 242 g/mol. The largest absolute Gasteiger partial charge is 0.496 e. The molecule has 1 aromatic rings. The Balaban J connectivity index is 2.72. The highest BCUT2D eigenvalue weighted by Crippen LogP contribution is 2.24. The third-order valence-electron chi connectivity index (χ3n) is 3.26. The van der Waals surface area contributed by atoms with Gasteiger partial charge in [-0.2, -0.15) is 0 Å². The van der Waals surface area contributed by atoms with Gasteiger partial charge in [0, 0.05) is 24.8 Å². The van der Waals surface area contributed by atoms with Gasteiger partial charge in [0.05, 0.1) is 13.7 Å². The van der Waals surface area contributed by atoms with Gasteiger partial charge in [-0.05, 0) is 24.0 Å². The van der Waals surface area contributed by atoms with Crippen LogP contribution >= 0.6 is 0 Å². The second kappa shape index (κ2) is 8.15. The smallest absolute Gasteiger partial charge is 0.123 e. The van der Waals surface area contributed by atoms with Gasteiger partial charge in [0.1, 0.15) is 5.75 Å². The van der Waals surface area contributed by atoms with Crippen LogP contribution in [-0.2, 0) is 6.54 Å². The van der Waals surface area contributed by atoms with E-state index in [4.69, 9.17) is 9.84 Å². The summed E-state index contributed by atoms with van der Waals surface area (Å²) in [4.78, 5) is 0. The lowest BCUT2D eigenvalue weighted by atomic mass is 10.0. The van der Waals surface area contributed by atoms with Crippen LogP contribution in [0.3, 0.4) is 0 Å². The molecule has 0 aliphatic rings. The Morgan fingerprint density at radius 3 is 2.53 bits per heavy atom. The highest BCUT2D eigenvalue weighted by Gasteiger charge is 2.10. The van der Waals surface area contributed by atoms with E-state index < -0.39 is 0 Å². The molecule has 1 unspecified atom stereocenters. The molecule has 0 aromatic heterocycles. The van der Waals surface area contributed by atoms with Gasteiger partial charge in [0.15, 0.2) is 0 Å². The summed E-state index contributed by atoms with van der Waals surface area (Å²) in [5.74, 6) is 1.33. The van der Waals surface area contributed by atoms with E-state index in [1.807, 2.05) is 0 Å². The van der Waals surface area contributed by atoms with Crippen LogP contribution < -0.4 is 10.1 Å². The Morgan fingerprint density at radius 1 is 1.26 bits per heavy atom. The molecule has 19 heavy (non-hydrogen) atoms. The van der Waals surface area contributed by atoms with Crippen LogP contribution in [0, 0.1) is 0 Å². The first kappa shape index (κ1) is 16.0. The number of hydrogen-bond donors (Lipinski definition) is 3. The van der Waals surface area contributed by atoms with E-state index in [1.54, 1.807) is 7.11 Å². The van der Waals surface area contributed by atoms with Gasteiger partial charge >= 0.3 is 0 Å². The average molecular weight is 267 g/mol. The molecule has 0 saturated heterocycles. The van der Waals surface area contributed by atoms with Crippen molar-refractivity contribution in [1.29, 1.82) is 0 Å². The van der Waals surface area contributed by atoms with Crippen molar-refractivity contribution in [2.24, 2.45) is 0 Å². The highest BCUT2D eigenvalue weighted by atomic mass is 16.5. The van der Waals surface area contributed by atoms with Crippen molar-refractivity contribution in [2.75, 3.05) is 20.3 Å². The molecule has 4 heteroatoms. The van der Waals surface area contributed by atoms with Crippen LogP contribution in [0.4, 0.5) is 0 Å². The summed E-state index contributed by atoms with van der Waals surface area (Å²) in [6.45, 7) is 5.01. The molecule has 0 bridgehead atoms. The molecule has 0 amide bonds. The minimum absolute atomic E-state index is 0.0208. The molecule has 108 valence electrons. The maximum atomic E-state index is 9.17. The Morgan fingerprint density at radius 2 is 2.00 bits per heavy atom. The Labute approximate surface area is 115 Å². The number of hydrogen-bond acceptors (Lipinski definition) is 4. The summed E-state index contributed by atoms with van der Waals surface area (Å²) < 4.78 is 5.41. The van der Waals surface area contributed by atoms with Gasteiger partial charge in [-0.3, -0.25) is 0 Å². The standard InChI is InChI=1S/C15H25NO3/c1-11(2)12-4-5-13(15(8-12)19-3)9-16-14(10-18)6-7-17/h4-5,8,11,14,16-18H,6-7,9-10H2,1-3H3. The van der Waals surface area contributed by atoms with Gasteiger partial charge in [0.25, 0.3) is 0 Å². The number of nitrogens with one attached hydrogen (secondary N) is 1. The Hall–Kier alpha value is -1.10. The second-order valence-corrected chi connectivity index (χ2v) is 5.00. The van der Waals surface area contributed by atoms with E-state index in [0.29, 0.717) is 18.9 Å². The van der Waals surface area contributed by atoms with Crippen LogP contribution in [0.2, 0.25) is 0 Å². The van der Waals surface area contributed by atoms with Crippen molar-refractivity contribution >= 4 is 0 Å². The summed E-state index contributed by atoms with van der Waals surface area (Å²) in [6, 6.07) is 6.12. The quantitative estimate of drug-likeness (QED) is 0.670. The molecule has 0 spiro atoms. The summed E-state index contributed by atoms with van der Waals surface area (Å²) in [5.41, 5.74) is 2.30. The number of aliphatic hydroxyl groups excluding tert-OH is 2. The van der Waals surface area contributed by atoms with Gasteiger partial charge in [-0.25, -0.2) is 0 Å². The van der Waals surface area contributed by atoms with Crippen molar-refractivity contribution in [1.82, 2.24) is 5.32 Å². The molecule has 3 N–H and O–H groups in total. The molecule has 0 saturated carbocycles. The average Bonchev–Trinajstić information content (AvgIpc) is 2.43. The minimum atomic E-state index is -0.0838.